The minimum absolute atomic E-state index is 0.0943. The molecule has 3 unspecified atom stereocenters. The predicted molar refractivity (Wildman–Crippen MR) is 105 cm³/mol. The molecular formula is C19H35F2N3O5. The van der Waals surface area contributed by atoms with Crippen molar-refractivity contribution in [2.75, 3.05) is 19.6 Å². The zero-order chi connectivity index (χ0) is 22.6. The fourth-order valence-electron chi connectivity index (χ4n) is 3.30. The second-order valence-electron chi connectivity index (χ2n) is 8.22. The lowest BCUT2D eigenvalue weighted by Crippen LogP contribution is -2.46. The van der Waals surface area contributed by atoms with Crippen molar-refractivity contribution in [3.05, 3.63) is 0 Å². The molecule has 1 aliphatic heterocycles. The molecule has 0 aromatic rings. The van der Waals surface area contributed by atoms with E-state index in [0.717, 1.165) is 19.3 Å². The summed E-state index contributed by atoms with van der Waals surface area (Å²) in [4.78, 5) is 34.8. The molecule has 1 heterocycles. The highest BCUT2D eigenvalue weighted by atomic mass is 19.3. The summed E-state index contributed by atoms with van der Waals surface area (Å²) in [6.07, 6.45) is 0.330. The zero-order valence-corrected chi connectivity index (χ0v) is 17.9. The Morgan fingerprint density at radius 3 is 2.38 bits per heavy atom. The molecule has 1 saturated heterocycles. The van der Waals surface area contributed by atoms with E-state index in [-0.39, 0.29) is 31.1 Å². The summed E-state index contributed by atoms with van der Waals surface area (Å²) in [5, 5.41) is 9.57. The highest BCUT2D eigenvalue weighted by Gasteiger charge is 2.29. The van der Waals surface area contributed by atoms with E-state index < -0.39 is 18.1 Å². The van der Waals surface area contributed by atoms with Crippen molar-refractivity contribution in [2.24, 2.45) is 0 Å². The van der Waals surface area contributed by atoms with Gasteiger partial charge in [-0.2, -0.15) is 0 Å². The lowest BCUT2D eigenvalue weighted by molar-refractivity contribution is -0.123. The number of carboxylic acid groups (broad SMARTS) is 1. The van der Waals surface area contributed by atoms with Crippen LogP contribution in [-0.4, -0.2) is 83.7 Å². The SMILES string of the molecule is CC(CN(CCC1CCC(C)N1C=O)CC(F)F)NC(=O)OC(C)(C)C.O=CO. The predicted octanol–water partition coefficient (Wildman–Crippen LogP) is 2.57. The number of hydrogen-bond acceptors (Lipinski definition) is 5. The van der Waals surface area contributed by atoms with Crippen LogP contribution in [-0.2, 0) is 14.3 Å². The van der Waals surface area contributed by atoms with Gasteiger partial charge in [0.2, 0.25) is 6.41 Å². The highest BCUT2D eigenvalue weighted by Crippen LogP contribution is 2.24. The number of carbonyl (C=O) groups is 3. The maximum Gasteiger partial charge on any atom is 0.407 e. The van der Waals surface area contributed by atoms with E-state index in [1.807, 2.05) is 6.92 Å². The van der Waals surface area contributed by atoms with Gasteiger partial charge in [-0.05, 0) is 53.9 Å². The molecule has 0 aliphatic carbocycles. The molecule has 0 aromatic heterocycles. The molecule has 1 aliphatic rings. The minimum Gasteiger partial charge on any atom is -0.483 e. The van der Waals surface area contributed by atoms with Crippen LogP contribution in [0.25, 0.3) is 0 Å². The topological polar surface area (TPSA) is 99.2 Å². The molecule has 0 saturated carbocycles. The summed E-state index contributed by atoms with van der Waals surface area (Å²) in [5.74, 6) is 0. The third kappa shape index (κ3) is 12.2. The van der Waals surface area contributed by atoms with Crippen LogP contribution in [0.4, 0.5) is 13.6 Å². The maximum atomic E-state index is 12.9. The van der Waals surface area contributed by atoms with Crippen LogP contribution in [0.5, 0.6) is 0 Å². The quantitative estimate of drug-likeness (QED) is 0.553. The van der Waals surface area contributed by atoms with Gasteiger partial charge in [0.1, 0.15) is 5.60 Å². The van der Waals surface area contributed by atoms with Crippen LogP contribution in [0.1, 0.15) is 53.9 Å². The summed E-state index contributed by atoms with van der Waals surface area (Å²) >= 11 is 0. The van der Waals surface area contributed by atoms with Crippen molar-refractivity contribution in [1.82, 2.24) is 15.1 Å². The van der Waals surface area contributed by atoms with Crippen LogP contribution in [0.15, 0.2) is 0 Å². The molecule has 2 amide bonds. The fraction of sp³-hybridized carbons (Fsp3) is 0.842. The number of hydrogen-bond donors (Lipinski definition) is 2. The molecule has 0 radical (unpaired) electrons. The Morgan fingerprint density at radius 1 is 1.31 bits per heavy atom. The molecule has 0 aromatic carbocycles. The van der Waals surface area contributed by atoms with Crippen molar-refractivity contribution in [3.63, 3.8) is 0 Å². The van der Waals surface area contributed by atoms with Crippen molar-refractivity contribution in [3.8, 4) is 0 Å². The number of rotatable bonds is 9. The highest BCUT2D eigenvalue weighted by molar-refractivity contribution is 5.68. The van der Waals surface area contributed by atoms with Crippen LogP contribution in [0.3, 0.4) is 0 Å². The molecule has 29 heavy (non-hydrogen) atoms. The molecule has 1 rings (SSSR count). The third-order valence-electron chi connectivity index (χ3n) is 4.44. The average Bonchev–Trinajstić information content (AvgIpc) is 2.90. The van der Waals surface area contributed by atoms with Gasteiger partial charge in [-0.3, -0.25) is 14.5 Å². The Hall–Kier alpha value is -1.97. The number of nitrogens with zero attached hydrogens (tertiary/aromatic N) is 2. The molecule has 0 spiro atoms. The number of amides is 2. The first kappa shape index (κ1) is 27.0. The first-order valence-corrected chi connectivity index (χ1v) is 9.74. The van der Waals surface area contributed by atoms with Crippen LogP contribution < -0.4 is 5.32 Å². The molecule has 10 heteroatoms. The van der Waals surface area contributed by atoms with Gasteiger partial charge in [0.05, 0.1) is 6.54 Å². The maximum absolute atomic E-state index is 12.9. The van der Waals surface area contributed by atoms with E-state index in [9.17, 15) is 18.4 Å². The van der Waals surface area contributed by atoms with Gasteiger partial charge in [0.15, 0.2) is 0 Å². The average molecular weight is 424 g/mol. The Bertz CT molecular complexity index is 503. The number of nitrogens with one attached hydrogen (secondary N) is 1. The van der Waals surface area contributed by atoms with E-state index in [2.05, 4.69) is 5.32 Å². The number of halogens is 2. The van der Waals surface area contributed by atoms with Crippen LogP contribution >= 0.6 is 0 Å². The summed E-state index contributed by atoms with van der Waals surface area (Å²) < 4.78 is 31.0. The Labute approximate surface area is 171 Å². The van der Waals surface area contributed by atoms with Gasteiger partial charge in [-0.1, -0.05) is 0 Å². The summed E-state index contributed by atoms with van der Waals surface area (Å²) in [6.45, 7) is 9.20. The summed E-state index contributed by atoms with van der Waals surface area (Å²) in [5.41, 5.74) is -0.607. The molecule has 1 fully saturated rings. The Kier molecular flexibility index (Phi) is 12.4. The van der Waals surface area contributed by atoms with Crippen LogP contribution in [0, 0.1) is 0 Å². The van der Waals surface area contributed by atoms with Crippen molar-refractivity contribution in [1.29, 1.82) is 0 Å². The van der Waals surface area contributed by atoms with Crippen molar-refractivity contribution in [2.45, 2.75) is 84.0 Å². The monoisotopic (exact) mass is 423 g/mol. The fourth-order valence-corrected chi connectivity index (χ4v) is 3.30. The van der Waals surface area contributed by atoms with Gasteiger partial charge in [0.25, 0.3) is 12.9 Å². The van der Waals surface area contributed by atoms with E-state index in [1.165, 1.54) is 0 Å². The van der Waals surface area contributed by atoms with Gasteiger partial charge < -0.3 is 20.1 Å². The van der Waals surface area contributed by atoms with E-state index >= 15 is 0 Å². The number of ether oxygens (including phenoxy) is 1. The van der Waals surface area contributed by atoms with E-state index in [1.54, 1.807) is 37.5 Å². The zero-order valence-electron chi connectivity index (χ0n) is 17.9. The third-order valence-corrected chi connectivity index (χ3v) is 4.44. The van der Waals surface area contributed by atoms with Gasteiger partial charge >= 0.3 is 6.09 Å². The largest absolute Gasteiger partial charge is 0.483 e. The standard InChI is InChI=1S/C18H33F2N3O3.CH2O2/c1-13(21-17(25)26-18(3,4)5)10-22(11-16(19)20)9-8-15-7-6-14(2)23(15)12-24;2-1-3/h12-16H,6-11H2,1-5H3,(H,21,25);1H,(H,2,3). The van der Waals surface area contributed by atoms with Gasteiger partial charge in [-0.15, -0.1) is 0 Å². The van der Waals surface area contributed by atoms with Gasteiger partial charge in [-0.25, -0.2) is 13.6 Å². The molecule has 8 nitrogen and oxygen atoms in total. The first-order valence-electron chi connectivity index (χ1n) is 9.74. The van der Waals surface area contributed by atoms with Crippen molar-refractivity contribution < 1.29 is 33.0 Å². The number of alkyl halides is 2. The van der Waals surface area contributed by atoms with E-state index in [4.69, 9.17) is 14.6 Å². The Morgan fingerprint density at radius 2 is 1.90 bits per heavy atom. The summed E-state index contributed by atoms with van der Waals surface area (Å²) in [7, 11) is 0. The molecule has 3 atom stereocenters. The van der Waals surface area contributed by atoms with Crippen LogP contribution in [0.2, 0.25) is 0 Å². The lowest BCUT2D eigenvalue weighted by Gasteiger charge is -2.30. The minimum atomic E-state index is -2.45. The van der Waals surface area contributed by atoms with Crippen molar-refractivity contribution >= 4 is 19.0 Å². The normalized spacial score (nSPS) is 20.1. The molecular weight excluding hydrogens is 388 g/mol. The number of likely N-dealkylation sites (tertiary alicyclic amines) is 1. The lowest BCUT2D eigenvalue weighted by atomic mass is 10.1. The summed E-state index contributed by atoms with van der Waals surface area (Å²) in [6, 6.07) is -0.0288. The Balaban J connectivity index is 0.00000245. The first-order chi connectivity index (χ1) is 13.4. The molecule has 0 bridgehead atoms. The molecule has 170 valence electrons. The second-order valence-corrected chi connectivity index (χ2v) is 8.22. The smallest absolute Gasteiger partial charge is 0.407 e. The molecule has 2 N–H and O–H groups in total. The number of alkyl carbamates (subject to hydrolysis) is 1. The second kappa shape index (κ2) is 13.3. The number of carbonyl (C=O) groups excluding carboxylic acids is 2. The van der Waals surface area contributed by atoms with Gasteiger partial charge in [0, 0.05) is 31.2 Å². The van der Waals surface area contributed by atoms with E-state index in [0.29, 0.717) is 19.5 Å².